The van der Waals surface area contributed by atoms with Gasteiger partial charge in [0.1, 0.15) is 11.9 Å². The van der Waals surface area contributed by atoms with Crippen molar-refractivity contribution in [2.75, 3.05) is 23.3 Å². The Hall–Kier alpha value is -2.62. The molecule has 3 rings (SSSR count). The number of rotatable bonds is 4. The molecule has 0 spiro atoms. The minimum atomic E-state index is -1.29. The minimum absolute atomic E-state index is 0.0618. The van der Waals surface area contributed by atoms with Gasteiger partial charge in [-0.3, -0.25) is 4.79 Å². The Morgan fingerprint density at radius 1 is 1.40 bits per heavy atom. The van der Waals surface area contributed by atoms with Crippen LogP contribution in [0.2, 0.25) is 5.02 Å². The second-order valence-electron chi connectivity index (χ2n) is 5.78. The topological polar surface area (TPSA) is 76.4 Å². The summed E-state index contributed by atoms with van der Waals surface area (Å²) in [6.45, 7) is 0.679. The predicted octanol–water partition coefficient (Wildman–Crippen LogP) is 2.71. The van der Waals surface area contributed by atoms with Gasteiger partial charge < -0.3 is 15.3 Å². The Balaban J connectivity index is 1.65. The molecule has 0 bridgehead atoms. The van der Waals surface area contributed by atoms with Gasteiger partial charge in [-0.05, 0) is 42.3 Å². The highest BCUT2D eigenvalue weighted by Gasteiger charge is 2.25. The number of aliphatic hydroxyl groups excluding tert-OH is 1. The third kappa shape index (κ3) is 3.73. The monoisotopic (exact) mass is 359 g/mol. The van der Waals surface area contributed by atoms with Crippen LogP contribution < -0.4 is 10.2 Å². The summed E-state index contributed by atoms with van der Waals surface area (Å²) in [5.74, 6) is -0.942. The van der Waals surface area contributed by atoms with E-state index < -0.39 is 12.0 Å². The number of hydrogen-bond acceptors (Lipinski definition) is 4. The van der Waals surface area contributed by atoms with Crippen molar-refractivity contribution in [2.24, 2.45) is 0 Å². The highest BCUT2D eigenvalue weighted by Crippen LogP contribution is 2.28. The van der Waals surface area contributed by atoms with Crippen LogP contribution in [0.1, 0.15) is 11.1 Å². The third-order valence-corrected chi connectivity index (χ3v) is 4.40. The molecule has 2 aromatic carbocycles. The molecule has 1 amide bonds. The van der Waals surface area contributed by atoms with Crippen molar-refractivity contribution >= 4 is 28.9 Å². The van der Waals surface area contributed by atoms with E-state index in [9.17, 15) is 14.3 Å². The standard InChI is InChI=1S/C18H15ClFN3O2/c19-15-8-14(4-2-12(15)9-21)22-18(25)17(24)10-23-6-5-11-1-3-13(20)7-16(11)23/h1-4,7-8,17,24H,5-6,10H2,(H,22,25)/t17-/m0/s1. The number of amides is 1. The number of carbonyl (C=O) groups excluding carboxylic acids is 1. The van der Waals surface area contributed by atoms with Crippen molar-refractivity contribution in [3.05, 3.63) is 58.4 Å². The van der Waals surface area contributed by atoms with Gasteiger partial charge in [0.2, 0.25) is 0 Å². The van der Waals surface area contributed by atoms with E-state index in [0.29, 0.717) is 23.5 Å². The SMILES string of the molecule is N#Cc1ccc(NC(=O)[C@@H](O)CN2CCc3ccc(F)cc32)cc1Cl. The summed E-state index contributed by atoms with van der Waals surface area (Å²) in [5.41, 5.74) is 2.39. The number of anilines is 2. The molecule has 1 aliphatic rings. The molecule has 2 N–H and O–H groups in total. The van der Waals surface area contributed by atoms with Crippen molar-refractivity contribution in [1.29, 1.82) is 5.26 Å². The average molecular weight is 360 g/mol. The van der Waals surface area contributed by atoms with Gasteiger partial charge in [-0.2, -0.15) is 5.26 Å². The van der Waals surface area contributed by atoms with E-state index in [0.717, 1.165) is 12.0 Å². The zero-order valence-electron chi connectivity index (χ0n) is 13.2. The molecule has 1 heterocycles. The lowest BCUT2D eigenvalue weighted by Crippen LogP contribution is -2.39. The first kappa shape index (κ1) is 17.2. The average Bonchev–Trinajstić information content (AvgIpc) is 2.97. The van der Waals surface area contributed by atoms with Crippen LogP contribution in [0.3, 0.4) is 0 Å². The van der Waals surface area contributed by atoms with Gasteiger partial charge in [0.05, 0.1) is 17.1 Å². The Bertz CT molecular complexity index is 866. The Morgan fingerprint density at radius 2 is 2.20 bits per heavy atom. The van der Waals surface area contributed by atoms with Crippen LogP contribution in [0.4, 0.5) is 15.8 Å². The van der Waals surface area contributed by atoms with E-state index in [2.05, 4.69) is 5.32 Å². The lowest BCUT2D eigenvalue weighted by atomic mass is 10.1. The van der Waals surface area contributed by atoms with Crippen LogP contribution in [0.5, 0.6) is 0 Å². The first-order valence-electron chi connectivity index (χ1n) is 7.70. The largest absolute Gasteiger partial charge is 0.381 e. The van der Waals surface area contributed by atoms with E-state index in [1.165, 1.54) is 30.3 Å². The molecule has 0 aliphatic carbocycles. The van der Waals surface area contributed by atoms with Crippen molar-refractivity contribution < 1.29 is 14.3 Å². The zero-order valence-corrected chi connectivity index (χ0v) is 13.9. The normalized spacial score (nSPS) is 13.9. The summed E-state index contributed by atoms with van der Waals surface area (Å²) in [6, 6.07) is 10.9. The molecule has 128 valence electrons. The summed E-state index contributed by atoms with van der Waals surface area (Å²) in [5, 5.41) is 21.8. The minimum Gasteiger partial charge on any atom is -0.381 e. The lowest BCUT2D eigenvalue weighted by molar-refractivity contribution is -0.123. The molecule has 0 saturated carbocycles. The van der Waals surface area contributed by atoms with E-state index in [1.54, 1.807) is 11.0 Å². The zero-order chi connectivity index (χ0) is 18.0. The third-order valence-electron chi connectivity index (χ3n) is 4.09. The molecule has 7 heteroatoms. The number of nitriles is 1. The van der Waals surface area contributed by atoms with E-state index in [-0.39, 0.29) is 17.4 Å². The molecule has 0 radical (unpaired) electrons. The second-order valence-corrected chi connectivity index (χ2v) is 6.19. The quantitative estimate of drug-likeness (QED) is 0.880. The number of fused-ring (bicyclic) bond motifs is 1. The molecule has 1 aliphatic heterocycles. The number of halogens is 2. The number of hydrogen-bond donors (Lipinski definition) is 2. The Labute approximate surface area is 149 Å². The second kappa shape index (κ2) is 7.09. The molecule has 0 aromatic heterocycles. The first-order valence-corrected chi connectivity index (χ1v) is 8.07. The number of nitrogens with zero attached hydrogens (tertiary/aromatic N) is 2. The summed E-state index contributed by atoms with van der Waals surface area (Å²) in [7, 11) is 0. The molecular weight excluding hydrogens is 345 g/mol. The van der Waals surface area contributed by atoms with Crippen LogP contribution >= 0.6 is 11.6 Å². The van der Waals surface area contributed by atoms with E-state index >= 15 is 0 Å². The van der Waals surface area contributed by atoms with Crippen molar-refractivity contribution in [3.63, 3.8) is 0 Å². The molecule has 1 atom stereocenters. The number of nitrogens with one attached hydrogen (secondary N) is 1. The van der Waals surface area contributed by atoms with E-state index in [1.807, 2.05) is 6.07 Å². The number of aliphatic hydroxyl groups is 1. The molecule has 0 fully saturated rings. The fraction of sp³-hybridized carbons (Fsp3) is 0.222. The predicted molar refractivity (Wildman–Crippen MR) is 93.1 cm³/mol. The van der Waals surface area contributed by atoms with Crippen molar-refractivity contribution in [2.45, 2.75) is 12.5 Å². The van der Waals surface area contributed by atoms with Gasteiger partial charge >= 0.3 is 0 Å². The lowest BCUT2D eigenvalue weighted by Gasteiger charge is -2.22. The maximum absolute atomic E-state index is 13.4. The number of β-amino-alcohol motifs (C(OH)–C–C–N with tert-alkyl or cyclic N) is 1. The molecule has 25 heavy (non-hydrogen) atoms. The van der Waals surface area contributed by atoms with Crippen molar-refractivity contribution in [1.82, 2.24) is 0 Å². The molecule has 0 unspecified atom stereocenters. The Kier molecular flexibility index (Phi) is 4.88. The van der Waals surface area contributed by atoms with Crippen LogP contribution in [0.25, 0.3) is 0 Å². The van der Waals surface area contributed by atoms with Crippen LogP contribution in [0, 0.1) is 17.1 Å². The van der Waals surface area contributed by atoms with Crippen LogP contribution in [0.15, 0.2) is 36.4 Å². The van der Waals surface area contributed by atoms with Gasteiger partial charge in [0, 0.05) is 17.9 Å². The summed E-state index contributed by atoms with van der Waals surface area (Å²) in [4.78, 5) is 14.0. The summed E-state index contributed by atoms with van der Waals surface area (Å²) >= 11 is 5.92. The van der Waals surface area contributed by atoms with Crippen LogP contribution in [-0.2, 0) is 11.2 Å². The van der Waals surface area contributed by atoms with Gasteiger partial charge in [-0.1, -0.05) is 17.7 Å². The molecule has 0 saturated heterocycles. The number of benzene rings is 2. The summed E-state index contributed by atoms with van der Waals surface area (Å²) in [6.07, 6.45) is -0.543. The highest BCUT2D eigenvalue weighted by atomic mass is 35.5. The van der Waals surface area contributed by atoms with Gasteiger partial charge in [0.15, 0.2) is 6.10 Å². The fourth-order valence-corrected chi connectivity index (χ4v) is 3.03. The fourth-order valence-electron chi connectivity index (χ4n) is 2.81. The highest BCUT2D eigenvalue weighted by molar-refractivity contribution is 6.32. The maximum atomic E-state index is 13.4. The summed E-state index contributed by atoms with van der Waals surface area (Å²) < 4.78 is 13.4. The maximum Gasteiger partial charge on any atom is 0.255 e. The van der Waals surface area contributed by atoms with Crippen LogP contribution in [-0.4, -0.2) is 30.2 Å². The smallest absolute Gasteiger partial charge is 0.255 e. The molecular formula is C18H15ClFN3O2. The van der Waals surface area contributed by atoms with Gasteiger partial charge in [0.25, 0.3) is 5.91 Å². The van der Waals surface area contributed by atoms with E-state index in [4.69, 9.17) is 16.9 Å². The first-order chi connectivity index (χ1) is 12.0. The molecule has 2 aromatic rings. The Morgan fingerprint density at radius 3 is 2.92 bits per heavy atom. The molecule has 5 nitrogen and oxygen atoms in total. The number of carbonyl (C=O) groups is 1. The van der Waals surface area contributed by atoms with Gasteiger partial charge in [-0.15, -0.1) is 0 Å². The van der Waals surface area contributed by atoms with Crippen molar-refractivity contribution in [3.8, 4) is 6.07 Å². The van der Waals surface area contributed by atoms with Gasteiger partial charge in [-0.25, -0.2) is 4.39 Å².